The van der Waals surface area contributed by atoms with Crippen LogP contribution < -0.4 is 5.32 Å². The molecular weight excluding hydrogens is 386 g/mol. The quantitative estimate of drug-likeness (QED) is 0.453. The van der Waals surface area contributed by atoms with Crippen LogP contribution in [0.2, 0.25) is 0 Å². The number of rotatable bonds is 7. The Kier molecular flexibility index (Phi) is 6.32. The van der Waals surface area contributed by atoms with Gasteiger partial charge in [0.1, 0.15) is 12.4 Å². The Labute approximate surface area is 182 Å². The number of carbonyl (C=O) groups is 1. The Morgan fingerprint density at radius 3 is 2.42 bits per heavy atom. The Balaban J connectivity index is 1.29. The molecule has 0 bridgehead atoms. The van der Waals surface area contributed by atoms with E-state index in [0.29, 0.717) is 6.54 Å². The van der Waals surface area contributed by atoms with Gasteiger partial charge in [-0.3, -0.25) is 0 Å². The molecule has 4 rings (SSSR count). The first-order valence-electron chi connectivity index (χ1n) is 10.6. The summed E-state index contributed by atoms with van der Waals surface area (Å²) in [5, 5.41) is 2.81. The summed E-state index contributed by atoms with van der Waals surface area (Å²) in [4.78, 5) is 16.7. The number of aromatic nitrogens is 2. The van der Waals surface area contributed by atoms with Crippen LogP contribution in [0.5, 0.6) is 0 Å². The van der Waals surface area contributed by atoms with Crippen LogP contribution in [0.25, 0.3) is 11.0 Å². The number of nitrogens with zero attached hydrogens (tertiary/aromatic N) is 2. The number of aryl methyl sites for hydroxylation is 1. The van der Waals surface area contributed by atoms with Crippen LogP contribution >= 0.6 is 0 Å². The summed E-state index contributed by atoms with van der Waals surface area (Å²) in [5.41, 5.74) is 5.53. The number of imidazole rings is 1. The van der Waals surface area contributed by atoms with Gasteiger partial charge in [0.25, 0.3) is 0 Å². The number of ether oxygens (including phenoxy) is 1. The van der Waals surface area contributed by atoms with Crippen LogP contribution in [0.3, 0.4) is 0 Å². The van der Waals surface area contributed by atoms with E-state index in [4.69, 9.17) is 9.72 Å². The Bertz CT molecular complexity index is 1150. The van der Waals surface area contributed by atoms with Crippen LogP contribution in [0, 0.1) is 0 Å². The number of amides is 1. The van der Waals surface area contributed by atoms with Crippen molar-refractivity contribution in [3.05, 3.63) is 101 Å². The average molecular weight is 414 g/mol. The van der Waals surface area contributed by atoms with Crippen molar-refractivity contribution in [1.29, 1.82) is 0 Å². The predicted molar refractivity (Wildman–Crippen MR) is 123 cm³/mol. The molecule has 1 atom stereocenters. The standard InChI is InChI=1S/C26H27N3O2/c1-19(25-28-23-10-6-7-11-24(23)29(25)2)22-14-12-20(13-15-22)16-17-27-26(30)31-18-21-8-4-3-5-9-21/h3-15,19H,16-18H2,1-2H3,(H,27,30). The molecule has 31 heavy (non-hydrogen) atoms. The molecule has 0 aliphatic heterocycles. The van der Waals surface area contributed by atoms with Crippen LogP contribution in [0.15, 0.2) is 78.9 Å². The molecule has 1 N–H and O–H groups in total. The van der Waals surface area contributed by atoms with E-state index in [9.17, 15) is 4.79 Å². The fraction of sp³-hybridized carbons (Fsp3) is 0.231. The lowest BCUT2D eigenvalue weighted by Crippen LogP contribution is -2.26. The molecule has 0 aliphatic carbocycles. The third-order valence-corrected chi connectivity index (χ3v) is 5.58. The molecule has 1 heterocycles. The van der Waals surface area contributed by atoms with Crippen LogP contribution in [-0.2, 0) is 24.8 Å². The zero-order valence-corrected chi connectivity index (χ0v) is 17.9. The molecule has 5 nitrogen and oxygen atoms in total. The molecule has 1 amide bonds. The maximum Gasteiger partial charge on any atom is 0.407 e. The number of hydrogen-bond donors (Lipinski definition) is 1. The van der Waals surface area contributed by atoms with E-state index in [1.807, 2.05) is 48.5 Å². The SMILES string of the molecule is CC(c1ccc(CCNC(=O)OCc2ccccc2)cc1)c1nc2ccccc2n1C. The smallest absolute Gasteiger partial charge is 0.407 e. The predicted octanol–water partition coefficient (Wildman–Crippen LogP) is 5.19. The molecule has 0 aliphatic rings. The summed E-state index contributed by atoms with van der Waals surface area (Å²) in [5.74, 6) is 1.24. The first-order valence-corrected chi connectivity index (χ1v) is 10.6. The lowest BCUT2D eigenvalue weighted by molar-refractivity contribution is 0.140. The largest absolute Gasteiger partial charge is 0.445 e. The van der Waals surface area contributed by atoms with E-state index < -0.39 is 6.09 Å². The van der Waals surface area contributed by atoms with Crippen molar-refractivity contribution in [3.63, 3.8) is 0 Å². The van der Waals surface area contributed by atoms with Gasteiger partial charge in [-0.2, -0.15) is 0 Å². The summed E-state index contributed by atoms with van der Waals surface area (Å²) in [6.45, 7) is 3.00. The highest BCUT2D eigenvalue weighted by Gasteiger charge is 2.16. The van der Waals surface area contributed by atoms with E-state index >= 15 is 0 Å². The highest BCUT2D eigenvalue weighted by molar-refractivity contribution is 5.76. The molecule has 0 spiro atoms. The highest BCUT2D eigenvalue weighted by Crippen LogP contribution is 2.26. The molecule has 0 saturated heterocycles. The van der Waals surface area contributed by atoms with Gasteiger partial charge >= 0.3 is 6.09 Å². The maximum atomic E-state index is 11.9. The van der Waals surface area contributed by atoms with E-state index in [2.05, 4.69) is 54.2 Å². The van der Waals surface area contributed by atoms with Gasteiger partial charge in [0, 0.05) is 19.5 Å². The third-order valence-electron chi connectivity index (χ3n) is 5.58. The minimum absolute atomic E-state index is 0.192. The summed E-state index contributed by atoms with van der Waals surface area (Å²) < 4.78 is 7.41. The minimum Gasteiger partial charge on any atom is -0.445 e. The van der Waals surface area contributed by atoms with Crippen molar-refractivity contribution >= 4 is 17.1 Å². The molecule has 0 saturated carbocycles. The number of hydrogen-bond acceptors (Lipinski definition) is 3. The van der Waals surface area contributed by atoms with Crippen molar-refractivity contribution in [3.8, 4) is 0 Å². The van der Waals surface area contributed by atoms with Gasteiger partial charge in [-0.15, -0.1) is 0 Å². The molecule has 1 aromatic heterocycles. The van der Waals surface area contributed by atoms with Crippen molar-refractivity contribution < 1.29 is 9.53 Å². The fourth-order valence-corrected chi connectivity index (χ4v) is 3.76. The first kappa shape index (κ1) is 20.7. The van der Waals surface area contributed by atoms with E-state index in [1.165, 1.54) is 11.1 Å². The van der Waals surface area contributed by atoms with Crippen molar-refractivity contribution in [1.82, 2.24) is 14.9 Å². The van der Waals surface area contributed by atoms with Crippen molar-refractivity contribution in [2.45, 2.75) is 25.9 Å². The van der Waals surface area contributed by atoms with Gasteiger partial charge in [0.15, 0.2) is 0 Å². The average Bonchev–Trinajstić information content (AvgIpc) is 3.15. The zero-order valence-electron chi connectivity index (χ0n) is 17.9. The summed E-state index contributed by atoms with van der Waals surface area (Å²) in [7, 11) is 2.07. The molecule has 158 valence electrons. The Morgan fingerprint density at radius 1 is 0.968 bits per heavy atom. The second kappa shape index (κ2) is 9.47. The number of nitrogens with one attached hydrogen (secondary N) is 1. The molecule has 0 fully saturated rings. The molecular formula is C26H27N3O2. The summed E-state index contributed by atoms with van der Waals surface area (Å²) in [6.07, 6.45) is 0.359. The topological polar surface area (TPSA) is 56.1 Å². The highest BCUT2D eigenvalue weighted by atomic mass is 16.5. The van der Waals surface area contributed by atoms with Crippen LogP contribution in [-0.4, -0.2) is 22.2 Å². The molecule has 3 aromatic carbocycles. The van der Waals surface area contributed by atoms with Crippen molar-refractivity contribution in [2.75, 3.05) is 6.54 Å². The fourth-order valence-electron chi connectivity index (χ4n) is 3.76. The van der Waals surface area contributed by atoms with Gasteiger partial charge in [0.2, 0.25) is 0 Å². The first-order chi connectivity index (χ1) is 15.1. The monoisotopic (exact) mass is 413 g/mol. The summed E-state index contributed by atoms with van der Waals surface area (Å²) >= 11 is 0. The van der Waals surface area contributed by atoms with E-state index in [-0.39, 0.29) is 12.5 Å². The normalized spacial score (nSPS) is 11.9. The van der Waals surface area contributed by atoms with Gasteiger partial charge in [-0.25, -0.2) is 9.78 Å². The van der Waals surface area contributed by atoms with Crippen LogP contribution in [0.4, 0.5) is 4.79 Å². The number of benzene rings is 3. The van der Waals surface area contributed by atoms with Gasteiger partial charge in [-0.1, -0.05) is 73.7 Å². The zero-order chi connectivity index (χ0) is 21.6. The number of para-hydroxylation sites is 2. The number of alkyl carbamates (subject to hydrolysis) is 1. The summed E-state index contributed by atoms with van der Waals surface area (Å²) in [6, 6.07) is 26.4. The second-order valence-electron chi connectivity index (χ2n) is 7.72. The Hall–Kier alpha value is -3.60. The van der Waals surface area contributed by atoms with E-state index in [1.54, 1.807) is 0 Å². The lowest BCUT2D eigenvalue weighted by Gasteiger charge is -2.13. The van der Waals surface area contributed by atoms with Crippen LogP contribution in [0.1, 0.15) is 35.4 Å². The van der Waals surface area contributed by atoms with Gasteiger partial charge < -0.3 is 14.6 Å². The minimum atomic E-state index is -0.393. The van der Waals surface area contributed by atoms with Crippen molar-refractivity contribution in [2.24, 2.45) is 7.05 Å². The van der Waals surface area contributed by atoms with E-state index in [0.717, 1.165) is 28.8 Å². The third kappa shape index (κ3) is 4.94. The van der Waals surface area contributed by atoms with Gasteiger partial charge in [-0.05, 0) is 35.2 Å². The molecule has 0 radical (unpaired) electrons. The second-order valence-corrected chi connectivity index (χ2v) is 7.72. The molecule has 5 heteroatoms. The molecule has 1 unspecified atom stereocenters. The lowest BCUT2D eigenvalue weighted by atomic mass is 9.98. The number of carbonyl (C=O) groups excluding carboxylic acids is 1. The molecule has 4 aromatic rings. The maximum absolute atomic E-state index is 11.9. The number of fused-ring (bicyclic) bond motifs is 1. The van der Waals surface area contributed by atoms with Gasteiger partial charge in [0.05, 0.1) is 11.0 Å². The Morgan fingerprint density at radius 2 is 1.68 bits per heavy atom.